The molecule has 94 valence electrons. The van der Waals surface area contributed by atoms with Gasteiger partial charge in [-0.3, -0.25) is 20.8 Å². The zero-order valence-electron chi connectivity index (χ0n) is 10.3. The molecule has 0 aliphatic heterocycles. The summed E-state index contributed by atoms with van der Waals surface area (Å²) in [7, 11) is 2.05. The standard InChI is InChI=1S/C11H14N7/c1-3-18(2)10-6-4-9(5-7-10)8-12-13-11-14-16-17-15-11/h4-8H,3H2,1-2H3,(H-,13,14,15,16,17)/q-1. The van der Waals surface area contributed by atoms with Gasteiger partial charge in [-0.1, -0.05) is 12.1 Å². The minimum absolute atomic E-state index is 0.216. The molecule has 2 rings (SSSR count). The molecule has 0 saturated carbocycles. The maximum Gasteiger partial charge on any atom is 0.0830 e. The average molecular weight is 244 g/mol. The predicted molar refractivity (Wildman–Crippen MR) is 70.2 cm³/mol. The SMILES string of the molecule is CCN(C)c1ccc(C=N[N-]c2nn[nH]n2)cc1. The summed E-state index contributed by atoms with van der Waals surface area (Å²) in [6, 6.07) is 8.05. The second-order valence-corrected chi connectivity index (χ2v) is 3.66. The summed E-state index contributed by atoms with van der Waals surface area (Å²) in [6.07, 6.45) is 1.64. The number of hydrogen-bond donors (Lipinski definition) is 1. The van der Waals surface area contributed by atoms with Crippen molar-refractivity contribution in [3.63, 3.8) is 0 Å². The Bertz CT molecular complexity index is 489. The number of hydrogen-bond acceptors (Lipinski definition) is 5. The number of H-pyrrole nitrogens is 1. The molecule has 1 aromatic carbocycles. The van der Waals surface area contributed by atoms with Crippen LogP contribution < -0.4 is 4.90 Å². The minimum atomic E-state index is 0.216. The number of rotatable bonds is 5. The molecule has 1 aromatic heterocycles. The number of aromatic amines is 1. The second kappa shape index (κ2) is 5.76. The van der Waals surface area contributed by atoms with Crippen molar-refractivity contribution in [2.75, 3.05) is 18.5 Å². The molecule has 18 heavy (non-hydrogen) atoms. The van der Waals surface area contributed by atoms with Gasteiger partial charge in [0, 0.05) is 25.5 Å². The number of anilines is 1. The number of tetrazole rings is 1. The van der Waals surface area contributed by atoms with E-state index in [1.807, 2.05) is 24.3 Å². The maximum atomic E-state index is 3.88. The molecule has 0 aliphatic carbocycles. The van der Waals surface area contributed by atoms with Crippen molar-refractivity contribution < 1.29 is 0 Å². The van der Waals surface area contributed by atoms with Gasteiger partial charge in [-0.15, -0.1) is 5.21 Å². The van der Waals surface area contributed by atoms with Gasteiger partial charge in [0.15, 0.2) is 0 Å². The van der Waals surface area contributed by atoms with E-state index in [1.165, 1.54) is 5.69 Å². The summed E-state index contributed by atoms with van der Waals surface area (Å²) in [6.45, 7) is 3.08. The molecule has 0 radical (unpaired) electrons. The van der Waals surface area contributed by atoms with Crippen LogP contribution in [-0.4, -0.2) is 40.4 Å². The van der Waals surface area contributed by atoms with Crippen molar-refractivity contribution in [1.29, 1.82) is 0 Å². The van der Waals surface area contributed by atoms with Crippen molar-refractivity contribution in [1.82, 2.24) is 20.6 Å². The van der Waals surface area contributed by atoms with Gasteiger partial charge in [0.05, 0.1) is 5.95 Å². The van der Waals surface area contributed by atoms with Crippen LogP contribution in [0, 0.1) is 0 Å². The molecule has 7 heteroatoms. The highest BCUT2D eigenvalue weighted by Gasteiger charge is 1.96. The number of nitrogens with one attached hydrogen (secondary N) is 1. The van der Waals surface area contributed by atoms with Gasteiger partial charge in [0.25, 0.3) is 0 Å². The lowest BCUT2D eigenvalue weighted by Gasteiger charge is -2.16. The highest BCUT2D eigenvalue weighted by molar-refractivity contribution is 5.81. The minimum Gasteiger partial charge on any atom is -0.375 e. The van der Waals surface area contributed by atoms with Gasteiger partial charge in [-0.2, -0.15) is 0 Å². The van der Waals surface area contributed by atoms with Crippen molar-refractivity contribution in [2.24, 2.45) is 5.10 Å². The number of nitrogens with zero attached hydrogens (tertiary/aromatic N) is 6. The molecule has 0 atom stereocenters. The van der Waals surface area contributed by atoms with Crippen molar-refractivity contribution >= 4 is 17.9 Å². The van der Waals surface area contributed by atoms with E-state index in [2.05, 4.69) is 50.0 Å². The van der Waals surface area contributed by atoms with E-state index in [0.29, 0.717) is 0 Å². The van der Waals surface area contributed by atoms with Crippen LogP contribution in [0.1, 0.15) is 12.5 Å². The lowest BCUT2D eigenvalue weighted by molar-refractivity contribution is 0.881. The van der Waals surface area contributed by atoms with E-state index >= 15 is 0 Å². The Morgan fingerprint density at radius 3 is 2.78 bits per heavy atom. The van der Waals surface area contributed by atoms with Gasteiger partial charge in [-0.25, -0.2) is 5.10 Å². The molecule has 0 saturated heterocycles. The molecule has 7 nitrogen and oxygen atoms in total. The van der Waals surface area contributed by atoms with Gasteiger partial charge in [-0.05, 0) is 24.6 Å². The first-order chi connectivity index (χ1) is 8.79. The average Bonchev–Trinajstić information content (AvgIpc) is 2.92. The van der Waals surface area contributed by atoms with E-state index < -0.39 is 0 Å². The lowest BCUT2D eigenvalue weighted by Crippen LogP contribution is -2.15. The zero-order valence-corrected chi connectivity index (χ0v) is 10.3. The highest BCUT2D eigenvalue weighted by atomic mass is 15.5. The van der Waals surface area contributed by atoms with Gasteiger partial charge >= 0.3 is 0 Å². The van der Waals surface area contributed by atoms with Crippen molar-refractivity contribution in [3.8, 4) is 0 Å². The Kier molecular flexibility index (Phi) is 3.85. The molecule has 2 aromatic rings. The van der Waals surface area contributed by atoms with E-state index in [0.717, 1.165) is 12.1 Å². The molecule has 0 bridgehead atoms. The van der Waals surface area contributed by atoms with Gasteiger partial charge < -0.3 is 4.90 Å². The second-order valence-electron chi connectivity index (χ2n) is 3.66. The molecule has 0 unspecified atom stereocenters. The van der Waals surface area contributed by atoms with Crippen LogP contribution in [0.2, 0.25) is 0 Å². The molecule has 1 heterocycles. The van der Waals surface area contributed by atoms with Gasteiger partial charge in [0.1, 0.15) is 0 Å². The van der Waals surface area contributed by atoms with Crippen LogP contribution in [0.25, 0.3) is 5.43 Å². The first kappa shape index (κ1) is 12.0. The third-order valence-corrected chi connectivity index (χ3v) is 2.50. The van der Waals surface area contributed by atoms with Crippen molar-refractivity contribution in [2.45, 2.75) is 6.92 Å². The summed E-state index contributed by atoms with van der Waals surface area (Å²) >= 11 is 0. The first-order valence-corrected chi connectivity index (χ1v) is 5.58. The van der Waals surface area contributed by atoms with E-state index in [4.69, 9.17) is 0 Å². The summed E-state index contributed by atoms with van der Waals surface area (Å²) in [4.78, 5) is 2.16. The maximum absolute atomic E-state index is 3.88. The smallest absolute Gasteiger partial charge is 0.0830 e. The highest BCUT2D eigenvalue weighted by Crippen LogP contribution is 2.13. The Morgan fingerprint density at radius 2 is 2.17 bits per heavy atom. The van der Waals surface area contributed by atoms with Crippen molar-refractivity contribution in [3.05, 3.63) is 35.3 Å². The summed E-state index contributed by atoms with van der Waals surface area (Å²) < 4.78 is 0. The molecule has 0 fully saturated rings. The summed E-state index contributed by atoms with van der Waals surface area (Å²) in [5.41, 5.74) is 5.92. The molecule has 0 spiro atoms. The monoisotopic (exact) mass is 244 g/mol. The molecular formula is C11H14N7-. The fourth-order valence-electron chi connectivity index (χ4n) is 1.34. The van der Waals surface area contributed by atoms with Crippen LogP contribution in [-0.2, 0) is 0 Å². The fourth-order valence-corrected chi connectivity index (χ4v) is 1.34. The summed E-state index contributed by atoms with van der Waals surface area (Å²) in [5.74, 6) is 0.216. The normalized spacial score (nSPS) is 10.8. The Hall–Kier alpha value is -2.44. The fraction of sp³-hybridized carbons (Fsp3) is 0.273. The Balaban J connectivity index is 1.95. The zero-order chi connectivity index (χ0) is 12.8. The predicted octanol–water partition coefficient (Wildman–Crippen LogP) is 1.70. The van der Waals surface area contributed by atoms with Crippen LogP contribution in [0.3, 0.4) is 0 Å². The molecular weight excluding hydrogens is 230 g/mol. The van der Waals surface area contributed by atoms with Crippen LogP contribution in [0.5, 0.6) is 0 Å². The van der Waals surface area contributed by atoms with Gasteiger partial charge in [0.2, 0.25) is 0 Å². The number of benzene rings is 1. The van der Waals surface area contributed by atoms with Crippen LogP contribution in [0.4, 0.5) is 11.6 Å². The van der Waals surface area contributed by atoms with Crippen LogP contribution in [0.15, 0.2) is 29.4 Å². The topological polar surface area (TPSA) is 84.2 Å². The van der Waals surface area contributed by atoms with E-state index in [-0.39, 0.29) is 5.95 Å². The Labute approximate surface area is 105 Å². The largest absolute Gasteiger partial charge is 0.375 e. The molecule has 0 amide bonds. The third-order valence-electron chi connectivity index (χ3n) is 2.50. The third kappa shape index (κ3) is 3.03. The first-order valence-electron chi connectivity index (χ1n) is 5.58. The molecule has 1 N–H and O–H groups in total. The quantitative estimate of drug-likeness (QED) is 0.640. The summed E-state index contributed by atoms with van der Waals surface area (Å²) in [5, 5.41) is 16.9. The lowest BCUT2D eigenvalue weighted by atomic mass is 10.2. The van der Waals surface area contributed by atoms with Crippen LogP contribution >= 0.6 is 0 Å². The Morgan fingerprint density at radius 1 is 1.39 bits per heavy atom. The van der Waals surface area contributed by atoms with E-state index in [9.17, 15) is 0 Å². The molecule has 0 aliphatic rings. The number of aromatic nitrogens is 4. The van der Waals surface area contributed by atoms with E-state index in [1.54, 1.807) is 6.21 Å².